The second-order valence-electron chi connectivity index (χ2n) is 5.12. The molecule has 0 atom stereocenters. The van der Waals surface area contributed by atoms with E-state index in [0.29, 0.717) is 17.0 Å². The Kier molecular flexibility index (Phi) is 5.54. The minimum absolute atomic E-state index is 0.0549. The van der Waals surface area contributed by atoms with Crippen LogP contribution in [-0.2, 0) is 0 Å². The molecule has 0 aliphatic carbocycles. The number of phenols is 1. The Labute approximate surface area is 140 Å². The van der Waals surface area contributed by atoms with E-state index >= 15 is 0 Å². The zero-order chi connectivity index (χ0) is 16.8. The number of anilines is 1. The number of nitrogens with one attached hydrogen (secondary N) is 2. The molecule has 0 aromatic heterocycles. The molecule has 0 aliphatic heterocycles. The third-order valence-corrected chi connectivity index (χ3v) is 3.07. The Hall–Kier alpha value is -2.60. The summed E-state index contributed by atoms with van der Waals surface area (Å²) in [4.78, 5) is 12.1. The van der Waals surface area contributed by atoms with Crippen LogP contribution in [0.15, 0.2) is 48.5 Å². The fourth-order valence-corrected chi connectivity index (χ4v) is 2.07. The molecule has 2 aromatic rings. The number of phenolic OH excluding ortho intramolecular Hbond substituents is 1. The molecule has 120 valence electrons. The van der Waals surface area contributed by atoms with Crippen molar-refractivity contribution in [2.45, 2.75) is 20.0 Å². The minimum atomic E-state index is -0.339. The van der Waals surface area contributed by atoms with E-state index in [9.17, 15) is 9.90 Å². The topological polar surface area (TPSA) is 70.6 Å². The quantitative estimate of drug-likeness (QED) is 0.593. The number of hydrogen-bond acceptors (Lipinski definition) is 4. The van der Waals surface area contributed by atoms with Crippen LogP contribution in [0.4, 0.5) is 5.69 Å². The lowest BCUT2D eigenvalue weighted by Gasteiger charge is -2.12. The first-order chi connectivity index (χ1) is 11.0. The van der Waals surface area contributed by atoms with E-state index in [1.165, 1.54) is 6.07 Å². The van der Waals surface area contributed by atoms with Gasteiger partial charge in [-0.2, -0.15) is 0 Å². The van der Waals surface area contributed by atoms with E-state index in [-0.39, 0.29) is 22.9 Å². The van der Waals surface area contributed by atoms with Gasteiger partial charge in [0.05, 0.1) is 11.8 Å². The molecule has 5 nitrogen and oxygen atoms in total. The first-order valence-corrected chi connectivity index (χ1v) is 7.53. The number of rotatable bonds is 4. The molecule has 1 amide bonds. The van der Waals surface area contributed by atoms with Gasteiger partial charge < -0.3 is 15.2 Å². The third kappa shape index (κ3) is 4.96. The Morgan fingerprint density at radius 3 is 2.39 bits per heavy atom. The van der Waals surface area contributed by atoms with Gasteiger partial charge in [0.25, 0.3) is 5.91 Å². The lowest BCUT2D eigenvalue weighted by molar-refractivity contribution is 0.0977. The molecule has 0 saturated carbocycles. The first-order valence-electron chi connectivity index (χ1n) is 7.13. The maximum atomic E-state index is 12.1. The Bertz CT molecular complexity index is 699. The molecule has 0 aliphatic rings. The van der Waals surface area contributed by atoms with Gasteiger partial charge in [0, 0.05) is 5.56 Å². The summed E-state index contributed by atoms with van der Waals surface area (Å²) in [5.41, 5.74) is 0.890. The van der Waals surface area contributed by atoms with Crippen LogP contribution >= 0.6 is 12.2 Å². The van der Waals surface area contributed by atoms with Crippen molar-refractivity contribution in [3.05, 3.63) is 54.1 Å². The van der Waals surface area contributed by atoms with Crippen LogP contribution in [0.25, 0.3) is 0 Å². The number of hydrogen-bond donors (Lipinski definition) is 3. The lowest BCUT2D eigenvalue weighted by atomic mass is 10.2. The average Bonchev–Trinajstić information content (AvgIpc) is 2.49. The number of aromatic hydroxyl groups is 1. The molecular weight excluding hydrogens is 312 g/mol. The zero-order valence-corrected chi connectivity index (χ0v) is 13.7. The van der Waals surface area contributed by atoms with Gasteiger partial charge in [-0.25, -0.2) is 0 Å². The predicted molar refractivity (Wildman–Crippen MR) is 94.0 cm³/mol. The van der Waals surface area contributed by atoms with Crippen LogP contribution in [0.5, 0.6) is 11.5 Å². The van der Waals surface area contributed by atoms with Crippen LogP contribution in [0, 0.1) is 0 Å². The molecule has 0 heterocycles. The van der Waals surface area contributed by atoms with Gasteiger partial charge in [-0.15, -0.1) is 0 Å². The van der Waals surface area contributed by atoms with E-state index in [1.54, 1.807) is 42.5 Å². The second kappa shape index (κ2) is 7.60. The summed E-state index contributed by atoms with van der Waals surface area (Å²) in [5, 5.41) is 15.1. The van der Waals surface area contributed by atoms with Crippen molar-refractivity contribution in [1.29, 1.82) is 0 Å². The number of amides is 1. The summed E-state index contributed by atoms with van der Waals surface area (Å²) in [7, 11) is 0. The summed E-state index contributed by atoms with van der Waals surface area (Å²) < 4.78 is 5.52. The molecule has 6 heteroatoms. The second-order valence-corrected chi connectivity index (χ2v) is 5.52. The highest BCUT2D eigenvalue weighted by Crippen LogP contribution is 2.21. The lowest BCUT2D eigenvalue weighted by Crippen LogP contribution is -2.34. The summed E-state index contributed by atoms with van der Waals surface area (Å²) >= 11 is 5.08. The molecule has 2 rings (SSSR count). The standard InChI is InChI=1S/C17H18N2O3S/c1-11(2)22-13-9-7-12(8-10-13)16(21)19-17(23)18-14-5-3-4-6-15(14)20/h3-11,20H,1-2H3,(H2,18,19,21,23). The fraction of sp³-hybridized carbons (Fsp3) is 0.176. The molecule has 23 heavy (non-hydrogen) atoms. The fourth-order valence-electron chi connectivity index (χ4n) is 1.87. The maximum Gasteiger partial charge on any atom is 0.257 e. The van der Waals surface area contributed by atoms with Gasteiger partial charge in [0.1, 0.15) is 11.5 Å². The number of carbonyl (C=O) groups excluding carboxylic acids is 1. The summed E-state index contributed by atoms with van der Waals surface area (Å²) in [6, 6.07) is 13.4. The van der Waals surface area contributed by atoms with Crippen molar-refractivity contribution in [1.82, 2.24) is 5.32 Å². The number of thiocarbonyl (C=S) groups is 1. The van der Waals surface area contributed by atoms with Gasteiger partial charge in [-0.1, -0.05) is 12.1 Å². The van der Waals surface area contributed by atoms with E-state index in [2.05, 4.69) is 10.6 Å². The predicted octanol–water partition coefficient (Wildman–Crippen LogP) is 3.31. The smallest absolute Gasteiger partial charge is 0.257 e. The van der Waals surface area contributed by atoms with Gasteiger partial charge in [0.2, 0.25) is 0 Å². The van der Waals surface area contributed by atoms with Gasteiger partial charge in [-0.05, 0) is 62.5 Å². The average molecular weight is 330 g/mol. The Morgan fingerprint density at radius 2 is 1.78 bits per heavy atom. The maximum absolute atomic E-state index is 12.1. The molecular formula is C17H18N2O3S. The largest absolute Gasteiger partial charge is 0.506 e. The normalized spacial score (nSPS) is 10.2. The summed E-state index contributed by atoms with van der Waals surface area (Å²) in [6.45, 7) is 3.87. The monoisotopic (exact) mass is 330 g/mol. The molecule has 0 radical (unpaired) electrons. The molecule has 0 unspecified atom stereocenters. The number of para-hydroxylation sites is 2. The van der Waals surface area contributed by atoms with Crippen molar-refractivity contribution in [3.63, 3.8) is 0 Å². The van der Waals surface area contributed by atoms with Crippen LogP contribution in [0.3, 0.4) is 0 Å². The van der Waals surface area contributed by atoms with Crippen LogP contribution < -0.4 is 15.4 Å². The molecule has 0 spiro atoms. The molecule has 0 saturated heterocycles. The number of carbonyl (C=O) groups is 1. The van der Waals surface area contributed by atoms with Gasteiger partial charge in [-0.3, -0.25) is 10.1 Å². The van der Waals surface area contributed by atoms with Crippen molar-refractivity contribution in [2.24, 2.45) is 0 Å². The Balaban J connectivity index is 1.96. The van der Waals surface area contributed by atoms with Crippen molar-refractivity contribution in [3.8, 4) is 11.5 Å². The molecule has 2 aromatic carbocycles. The van der Waals surface area contributed by atoms with E-state index in [4.69, 9.17) is 17.0 Å². The van der Waals surface area contributed by atoms with Crippen LogP contribution in [0.1, 0.15) is 24.2 Å². The number of benzene rings is 2. The number of ether oxygens (including phenoxy) is 1. The SMILES string of the molecule is CC(C)Oc1ccc(C(=O)NC(=S)Nc2ccccc2O)cc1. The van der Waals surface area contributed by atoms with Crippen LogP contribution in [-0.4, -0.2) is 22.2 Å². The highest BCUT2D eigenvalue weighted by molar-refractivity contribution is 7.80. The van der Waals surface area contributed by atoms with Crippen molar-refractivity contribution < 1.29 is 14.6 Å². The highest BCUT2D eigenvalue weighted by atomic mass is 32.1. The van der Waals surface area contributed by atoms with Crippen molar-refractivity contribution in [2.75, 3.05) is 5.32 Å². The Morgan fingerprint density at radius 1 is 1.13 bits per heavy atom. The molecule has 0 fully saturated rings. The minimum Gasteiger partial charge on any atom is -0.506 e. The van der Waals surface area contributed by atoms with Gasteiger partial charge >= 0.3 is 0 Å². The first kappa shape index (κ1) is 16.8. The van der Waals surface area contributed by atoms with Crippen LogP contribution in [0.2, 0.25) is 0 Å². The summed E-state index contributed by atoms with van der Waals surface area (Å²) in [5.74, 6) is 0.416. The zero-order valence-electron chi connectivity index (χ0n) is 12.9. The van der Waals surface area contributed by atoms with Gasteiger partial charge in [0.15, 0.2) is 5.11 Å². The van der Waals surface area contributed by atoms with E-state index in [1.807, 2.05) is 13.8 Å². The highest BCUT2D eigenvalue weighted by Gasteiger charge is 2.09. The molecule has 0 bridgehead atoms. The summed E-state index contributed by atoms with van der Waals surface area (Å²) in [6.07, 6.45) is 0.0741. The van der Waals surface area contributed by atoms with E-state index < -0.39 is 0 Å². The third-order valence-electron chi connectivity index (χ3n) is 2.87. The van der Waals surface area contributed by atoms with Crippen molar-refractivity contribution >= 4 is 28.9 Å². The molecule has 3 N–H and O–H groups in total. The van der Waals surface area contributed by atoms with E-state index in [0.717, 1.165) is 0 Å².